The van der Waals surface area contributed by atoms with Gasteiger partial charge in [-0.15, -0.1) is 6.42 Å². The van der Waals surface area contributed by atoms with Crippen LogP contribution < -0.4 is 0 Å². The van der Waals surface area contributed by atoms with Crippen LogP contribution in [0.25, 0.3) is 0 Å². The lowest BCUT2D eigenvalue weighted by atomic mass is 9.81. The minimum absolute atomic E-state index is 0.0659. The molecule has 13 heavy (non-hydrogen) atoms. The van der Waals surface area contributed by atoms with Gasteiger partial charge in [-0.2, -0.15) is 0 Å². The van der Waals surface area contributed by atoms with Crippen LogP contribution in [0.2, 0.25) is 0 Å². The number of hydrogen-bond donors (Lipinski definition) is 0. The Kier molecular flexibility index (Phi) is 2.77. The molecule has 0 aliphatic carbocycles. The quantitative estimate of drug-likeness (QED) is 0.663. The molecule has 0 aromatic carbocycles. The SMILES string of the molecule is C#Cc1nocc1C(C)(C)CCC. The molecule has 0 aliphatic heterocycles. The van der Waals surface area contributed by atoms with E-state index in [2.05, 4.69) is 31.8 Å². The first-order chi connectivity index (χ1) is 6.11. The lowest BCUT2D eigenvalue weighted by Gasteiger charge is -2.21. The zero-order chi connectivity index (χ0) is 9.90. The van der Waals surface area contributed by atoms with E-state index in [1.165, 1.54) is 0 Å². The summed E-state index contributed by atoms with van der Waals surface area (Å²) in [7, 11) is 0. The van der Waals surface area contributed by atoms with Crippen molar-refractivity contribution in [3.63, 3.8) is 0 Å². The van der Waals surface area contributed by atoms with Crippen LogP contribution in [0.5, 0.6) is 0 Å². The summed E-state index contributed by atoms with van der Waals surface area (Å²) in [6.07, 6.45) is 9.19. The molecule has 1 aromatic rings. The molecule has 1 heterocycles. The molecular weight excluding hydrogens is 162 g/mol. The zero-order valence-corrected chi connectivity index (χ0v) is 8.42. The third kappa shape index (κ3) is 1.92. The van der Waals surface area contributed by atoms with Gasteiger partial charge in [-0.25, -0.2) is 0 Å². The molecule has 1 aromatic heterocycles. The van der Waals surface area contributed by atoms with Crippen molar-refractivity contribution in [2.24, 2.45) is 0 Å². The molecule has 0 unspecified atom stereocenters. The molecule has 2 heteroatoms. The van der Waals surface area contributed by atoms with Crippen LogP contribution in [-0.4, -0.2) is 5.16 Å². The Labute approximate surface area is 79.3 Å². The highest BCUT2D eigenvalue weighted by atomic mass is 16.5. The number of aromatic nitrogens is 1. The van der Waals surface area contributed by atoms with E-state index in [4.69, 9.17) is 10.9 Å². The van der Waals surface area contributed by atoms with E-state index in [1.54, 1.807) is 6.26 Å². The summed E-state index contributed by atoms with van der Waals surface area (Å²) in [4.78, 5) is 0. The Morgan fingerprint density at radius 3 is 2.85 bits per heavy atom. The van der Waals surface area contributed by atoms with E-state index in [0.29, 0.717) is 5.69 Å². The summed E-state index contributed by atoms with van der Waals surface area (Å²) in [5, 5.41) is 3.77. The van der Waals surface area contributed by atoms with E-state index < -0.39 is 0 Å². The Morgan fingerprint density at radius 1 is 1.62 bits per heavy atom. The van der Waals surface area contributed by atoms with Crippen LogP contribution in [0.1, 0.15) is 44.9 Å². The second kappa shape index (κ2) is 3.66. The number of rotatable bonds is 3. The molecule has 0 radical (unpaired) electrons. The molecule has 0 atom stereocenters. The van der Waals surface area contributed by atoms with Crippen molar-refractivity contribution in [2.75, 3.05) is 0 Å². The molecule has 0 fully saturated rings. The number of nitrogens with zero attached hydrogens (tertiary/aromatic N) is 1. The predicted octanol–water partition coefficient (Wildman–Crippen LogP) is 2.73. The topological polar surface area (TPSA) is 26.0 Å². The average molecular weight is 177 g/mol. The van der Waals surface area contributed by atoms with Crippen LogP contribution in [-0.2, 0) is 5.41 Å². The van der Waals surface area contributed by atoms with Gasteiger partial charge in [0.15, 0.2) is 5.69 Å². The fourth-order valence-corrected chi connectivity index (χ4v) is 1.58. The van der Waals surface area contributed by atoms with Gasteiger partial charge in [-0.1, -0.05) is 32.3 Å². The monoisotopic (exact) mass is 177 g/mol. The summed E-state index contributed by atoms with van der Waals surface area (Å²) in [5.41, 5.74) is 1.74. The van der Waals surface area contributed by atoms with Gasteiger partial charge in [-0.05, 0) is 17.8 Å². The molecule has 0 saturated heterocycles. The van der Waals surface area contributed by atoms with E-state index >= 15 is 0 Å². The van der Waals surface area contributed by atoms with Crippen molar-refractivity contribution in [1.82, 2.24) is 5.16 Å². The first kappa shape index (κ1) is 9.85. The van der Waals surface area contributed by atoms with Gasteiger partial charge in [-0.3, -0.25) is 0 Å². The minimum Gasteiger partial charge on any atom is -0.363 e. The molecule has 0 aliphatic rings. The second-order valence-electron chi connectivity index (χ2n) is 3.86. The van der Waals surface area contributed by atoms with Gasteiger partial charge >= 0.3 is 0 Å². The van der Waals surface area contributed by atoms with Gasteiger partial charge < -0.3 is 4.52 Å². The second-order valence-corrected chi connectivity index (χ2v) is 3.86. The summed E-state index contributed by atoms with van der Waals surface area (Å²) in [6, 6.07) is 0. The van der Waals surface area contributed by atoms with Crippen molar-refractivity contribution >= 4 is 0 Å². The summed E-state index contributed by atoms with van der Waals surface area (Å²) < 4.78 is 4.88. The Morgan fingerprint density at radius 2 is 2.31 bits per heavy atom. The fraction of sp³-hybridized carbons (Fsp3) is 0.545. The van der Waals surface area contributed by atoms with Crippen LogP contribution in [0.4, 0.5) is 0 Å². The van der Waals surface area contributed by atoms with Crippen LogP contribution >= 0.6 is 0 Å². The Hall–Kier alpha value is -1.23. The Bertz CT molecular complexity index is 317. The largest absolute Gasteiger partial charge is 0.363 e. The van der Waals surface area contributed by atoms with Crippen molar-refractivity contribution in [3.05, 3.63) is 17.5 Å². The Balaban J connectivity index is 3.00. The normalized spacial score (nSPS) is 11.2. The highest BCUT2D eigenvalue weighted by molar-refractivity contribution is 5.35. The molecule has 0 bridgehead atoms. The zero-order valence-electron chi connectivity index (χ0n) is 8.42. The first-order valence-electron chi connectivity index (χ1n) is 4.53. The lowest BCUT2D eigenvalue weighted by molar-refractivity contribution is 0.410. The van der Waals surface area contributed by atoms with Crippen molar-refractivity contribution in [1.29, 1.82) is 0 Å². The van der Waals surface area contributed by atoms with Crippen molar-refractivity contribution in [3.8, 4) is 12.3 Å². The lowest BCUT2D eigenvalue weighted by Crippen LogP contribution is -2.17. The fourth-order valence-electron chi connectivity index (χ4n) is 1.58. The van der Waals surface area contributed by atoms with E-state index in [9.17, 15) is 0 Å². The highest BCUT2D eigenvalue weighted by Gasteiger charge is 2.24. The number of hydrogen-bond acceptors (Lipinski definition) is 2. The molecular formula is C11H15NO. The molecule has 0 saturated carbocycles. The third-order valence-corrected chi connectivity index (χ3v) is 2.31. The van der Waals surface area contributed by atoms with Gasteiger partial charge in [0.2, 0.25) is 0 Å². The molecule has 0 spiro atoms. The third-order valence-electron chi connectivity index (χ3n) is 2.31. The van der Waals surface area contributed by atoms with E-state index in [1.807, 2.05) is 0 Å². The van der Waals surface area contributed by atoms with Crippen LogP contribution in [0, 0.1) is 12.3 Å². The minimum atomic E-state index is 0.0659. The molecule has 2 nitrogen and oxygen atoms in total. The summed E-state index contributed by atoms with van der Waals surface area (Å²) >= 11 is 0. The maximum absolute atomic E-state index is 5.32. The van der Waals surface area contributed by atoms with Gasteiger partial charge in [0.1, 0.15) is 6.26 Å². The van der Waals surface area contributed by atoms with Gasteiger partial charge in [0.25, 0.3) is 0 Å². The van der Waals surface area contributed by atoms with Crippen molar-refractivity contribution < 1.29 is 4.52 Å². The van der Waals surface area contributed by atoms with E-state index in [0.717, 1.165) is 18.4 Å². The highest BCUT2D eigenvalue weighted by Crippen LogP contribution is 2.30. The number of terminal acetylenes is 1. The average Bonchev–Trinajstić information content (AvgIpc) is 2.51. The van der Waals surface area contributed by atoms with Gasteiger partial charge in [0.05, 0.1) is 0 Å². The smallest absolute Gasteiger partial charge is 0.159 e. The standard InChI is InChI=1S/C11H15NO/c1-5-7-11(3,4)9-8-13-12-10(9)6-2/h2,8H,5,7H2,1,3-4H3. The summed E-state index contributed by atoms with van der Waals surface area (Å²) in [5.74, 6) is 2.54. The maximum atomic E-state index is 5.32. The van der Waals surface area contributed by atoms with Crippen LogP contribution in [0.15, 0.2) is 10.8 Å². The maximum Gasteiger partial charge on any atom is 0.159 e. The molecule has 70 valence electrons. The molecule has 1 rings (SSSR count). The first-order valence-corrected chi connectivity index (χ1v) is 4.53. The van der Waals surface area contributed by atoms with Gasteiger partial charge in [0, 0.05) is 5.56 Å². The molecule has 0 amide bonds. The van der Waals surface area contributed by atoms with E-state index in [-0.39, 0.29) is 5.41 Å². The van der Waals surface area contributed by atoms with Crippen LogP contribution in [0.3, 0.4) is 0 Å². The van der Waals surface area contributed by atoms with Crippen molar-refractivity contribution in [2.45, 2.75) is 39.0 Å². The predicted molar refractivity (Wildman–Crippen MR) is 52.4 cm³/mol. The molecule has 0 N–H and O–H groups in total. The summed E-state index contributed by atoms with van der Waals surface area (Å²) in [6.45, 7) is 6.47.